The van der Waals surface area contributed by atoms with Crippen LogP contribution in [-0.2, 0) is 0 Å². The molecular formula is C16H32N2. The summed E-state index contributed by atoms with van der Waals surface area (Å²) < 4.78 is 0. The first-order valence-corrected chi connectivity index (χ1v) is 7.93. The highest BCUT2D eigenvalue weighted by molar-refractivity contribution is 5.03. The van der Waals surface area contributed by atoms with Crippen molar-refractivity contribution in [2.75, 3.05) is 6.54 Å². The molecule has 0 aromatic rings. The molecule has 2 fully saturated rings. The second-order valence-electron chi connectivity index (χ2n) is 7.49. The summed E-state index contributed by atoms with van der Waals surface area (Å²) in [5.41, 5.74) is 7.09. The Labute approximate surface area is 113 Å². The fraction of sp³-hybridized carbons (Fsp3) is 1.00. The van der Waals surface area contributed by atoms with Gasteiger partial charge in [-0.1, -0.05) is 20.8 Å². The van der Waals surface area contributed by atoms with Crippen LogP contribution < -0.4 is 5.73 Å². The first kappa shape index (κ1) is 14.3. The minimum atomic E-state index is 0.312. The van der Waals surface area contributed by atoms with Gasteiger partial charge in [-0.2, -0.15) is 0 Å². The largest absolute Gasteiger partial charge is 0.329 e. The Morgan fingerprint density at radius 2 is 1.72 bits per heavy atom. The molecule has 106 valence electrons. The molecule has 18 heavy (non-hydrogen) atoms. The van der Waals surface area contributed by atoms with Crippen LogP contribution in [0.2, 0.25) is 0 Å². The van der Waals surface area contributed by atoms with Crippen LogP contribution in [0.1, 0.15) is 72.6 Å². The smallest absolute Gasteiger partial charge is 0.0337 e. The number of rotatable bonds is 3. The van der Waals surface area contributed by atoms with Gasteiger partial charge in [-0.05, 0) is 57.3 Å². The van der Waals surface area contributed by atoms with Gasteiger partial charge < -0.3 is 5.73 Å². The van der Waals surface area contributed by atoms with E-state index in [1.807, 2.05) is 0 Å². The van der Waals surface area contributed by atoms with E-state index in [0.29, 0.717) is 11.0 Å². The second-order valence-corrected chi connectivity index (χ2v) is 7.49. The van der Waals surface area contributed by atoms with Gasteiger partial charge in [0.1, 0.15) is 0 Å². The fourth-order valence-corrected chi connectivity index (χ4v) is 4.29. The van der Waals surface area contributed by atoms with Gasteiger partial charge in [-0.15, -0.1) is 0 Å². The molecule has 0 aromatic heterocycles. The summed E-state index contributed by atoms with van der Waals surface area (Å²) in [6.07, 6.45) is 9.31. The first-order chi connectivity index (χ1) is 8.44. The van der Waals surface area contributed by atoms with Gasteiger partial charge >= 0.3 is 0 Å². The molecule has 0 aromatic carbocycles. The van der Waals surface area contributed by atoms with Crippen molar-refractivity contribution >= 4 is 0 Å². The van der Waals surface area contributed by atoms with Crippen LogP contribution >= 0.6 is 0 Å². The highest BCUT2D eigenvalue weighted by atomic mass is 15.3. The molecule has 1 saturated carbocycles. The monoisotopic (exact) mass is 252 g/mol. The molecule has 1 saturated heterocycles. The van der Waals surface area contributed by atoms with Crippen molar-refractivity contribution in [3.05, 3.63) is 0 Å². The Hall–Kier alpha value is -0.0800. The van der Waals surface area contributed by atoms with Crippen LogP contribution in [0.25, 0.3) is 0 Å². The molecule has 2 N–H and O–H groups in total. The summed E-state index contributed by atoms with van der Waals surface area (Å²) in [4.78, 5) is 2.82. The summed E-state index contributed by atoms with van der Waals surface area (Å²) in [7, 11) is 0. The molecular weight excluding hydrogens is 220 g/mol. The van der Waals surface area contributed by atoms with E-state index in [4.69, 9.17) is 5.73 Å². The zero-order chi connectivity index (χ0) is 13.4. The van der Waals surface area contributed by atoms with Gasteiger partial charge in [-0.3, -0.25) is 4.90 Å². The maximum atomic E-state index is 6.24. The lowest BCUT2D eigenvalue weighted by molar-refractivity contribution is -0.00880. The average Bonchev–Trinajstić information content (AvgIpc) is 2.72. The Balaban J connectivity index is 2.17. The van der Waals surface area contributed by atoms with E-state index in [1.165, 1.54) is 44.9 Å². The second kappa shape index (κ2) is 5.13. The highest BCUT2D eigenvalue weighted by Crippen LogP contribution is 2.46. The highest BCUT2D eigenvalue weighted by Gasteiger charge is 2.47. The van der Waals surface area contributed by atoms with Gasteiger partial charge in [0.15, 0.2) is 0 Å². The third-order valence-electron chi connectivity index (χ3n) is 5.72. The molecule has 2 rings (SSSR count). The molecule has 2 unspecified atom stereocenters. The van der Waals surface area contributed by atoms with Gasteiger partial charge in [0.25, 0.3) is 0 Å². The van der Waals surface area contributed by atoms with Crippen molar-refractivity contribution in [3.63, 3.8) is 0 Å². The van der Waals surface area contributed by atoms with Gasteiger partial charge in [-0.25, -0.2) is 0 Å². The number of nitrogens with zero attached hydrogens (tertiary/aromatic N) is 1. The molecule has 0 bridgehead atoms. The van der Waals surface area contributed by atoms with E-state index >= 15 is 0 Å². The number of hydrogen-bond acceptors (Lipinski definition) is 2. The number of hydrogen-bond donors (Lipinski definition) is 1. The molecule has 1 heterocycles. The molecule has 1 aliphatic heterocycles. The summed E-state index contributed by atoms with van der Waals surface area (Å²) >= 11 is 0. The Bertz CT molecular complexity index is 275. The van der Waals surface area contributed by atoms with Crippen LogP contribution in [-0.4, -0.2) is 29.1 Å². The van der Waals surface area contributed by atoms with Gasteiger partial charge in [0.2, 0.25) is 0 Å². The minimum Gasteiger partial charge on any atom is -0.329 e. The minimum absolute atomic E-state index is 0.312. The molecule has 2 heteroatoms. The summed E-state index contributed by atoms with van der Waals surface area (Å²) in [6, 6.07) is 1.52. The van der Waals surface area contributed by atoms with Crippen molar-refractivity contribution in [3.8, 4) is 0 Å². The first-order valence-electron chi connectivity index (χ1n) is 7.93. The predicted octanol–water partition coefficient (Wildman–Crippen LogP) is 3.55. The van der Waals surface area contributed by atoms with E-state index in [1.54, 1.807) is 0 Å². The average molecular weight is 252 g/mol. The van der Waals surface area contributed by atoms with E-state index in [0.717, 1.165) is 18.6 Å². The zero-order valence-electron chi connectivity index (χ0n) is 12.8. The maximum absolute atomic E-state index is 6.24. The summed E-state index contributed by atoms with van der Waals surface area (Å²) in [5, 5.41) is 0. The third-order valence-corrected chi connectivity index (χ3v) is 5.72. The lowest BCUT2D eigenvalue weighted by atomic mass is 9.68. The third kappa shape index (κ3) is 2.46. The summed E-state index contributed by atoms with van der Waals surface area (Å²) in [5.74, 6) is 0. The predicted molar refractivity (Wildman–Crippen MR) is 78.6 cm³/mol. The van der Waals surface area contributed by atoms with Crippen LogP contribution in [0.3, 0.4) is 0 Å². The van der Waals surface area contributed by atoms with Crippen molar-refractivity contribution in [1.82, 2.24) is 4.90 Å². The molecule has 0 radical (unpaired) electrons. The Kier molecular flexibility index (Phi) is 4.08. The lowest BCUT2D eigenvalue weighted by Crippen LogP contribution is -2.60. The molecule has 2 atom stereocenters. The molecule has 2 aliphatic rings. The van der Waals surface area contributed by atoms with Crippen molar-refractivity contribution in [2.45, 2.75) is 90.3 Å². The van der Waals surface area contributed by atoms with Crippen LogP contribution in [0.4, 0.5) is 0 Å². The quantitative estimate of drug-likeness (QED) is 0.832. The van der Waals surface area contributed by atoms with Gasteiger partial charge in [0, 0.05) is 24.2 Å². The molecule has 1 aliphatic carbocycles. The van der Waals surface area contributed by atoms with Crippen molar-refractivity contribution in [1.29, 1.82) is 0 Å². The number of likely N-dealkylation sites (tertiary alicyclic amines) is 1. The molecule has 0 amide bonds. The zero-order valence-corrected chi connectivity index (χ0v) is 12.8. The standard InChI is InChI=1S/C16H32N2/c1-5-14-7-6-13(2)18(14)16(12-17)10-8-15(3,4)9-11-16/h13-14H,5-12,17H2,1-4H3. The summed E-state index contributed by atoms with van der Waals surface area (Å²) in [6.45, 7) is 10.4. The maximum Gasteiger partial charge on any atom is 0.0337 e. The number of nitrogens with two attached hydrogens (primary N) is 1. The van der Waals surface area contributed by atoms with Crippen LogP contribution in [0.5, 0.6) is 0 Å². The molecule has 0 spiro atoms. The normalized spacial score (nSPS) is 35.8. The Morgan fingerprint density at radius 1 is 1.11 bits per heavy atom. The topological polar surface area (TPSA) is 29.3 Å². The fourth-order valence-electron chi connectivity index (χ4n) is 4.29. The van der Waals surface area contributed by atoms with Crippen molar-refractivity contribution < 1.29 is 0 Å². The SMILES string of the molecule is CCC1CCC(C)N1C1(CN)CCC(C)(C)CC1. The Morgan fingerprint density at radius 3 is 2.22 bits per heavy atom. The van der Waals surface area contributed by atoms with Crippen LogP contribution in [0, 0.1) is 5.41 Å². The van der Waals surface area contributed by atoms with E-state index < -0.39 is 0 Å². The van der Waals surface area contributed by atoms with E-state index in [9.17, 15) is 0 Å². The molecule has 2 nitrogen and oxygen atoms in total. The van der Waals surface area contributed by atoms with Crippen LogP contribution in [0.15, 0.2) is 0 Å². The van der Waals surface area contributed by atoms with E-state index in [-0.39, 0.29) is 0 Å². The van der Waals surface area contributed by atoms with Crippen molar-refractivity contribution in [2.24, 2.45) is 11.1 Å². The van der Waals surface area contributed by atoms with Gasteiger partial charge in [0.05, 0.1) is 0 Å². The van der Waals surface area contributed by atoms with E-state index in [2.05, 4.69) is 32.6 Å². The lowest BCUT2D eigenvalue weighted by Gasteiger charge is -2.52.